The zero-order valence-corrected chi connectivity index (χ0v) is 40.8. The first-order valence-electron chi connectivity index (χ1n) is 22.3. The van der Waals surface area contributed by atoms with Gasteiger partial charge in [0.15, 0.2) is 5.65 Å². The lowest BCUT2D eigenvalue weighted by atomic mass is 10.1. The van der Waals surface area contributed by atoms with Crippen LogP contribution >= 0.6 is 15.9 Å². The van der Waals surface area contributed by atoms with Crippen LogP contribution in [0.15, 0.2) is 95.9 Å². The summed E-state index contributed by atoms with van der Waals surface area (Å²) in [5.74, 6) is 2.06. The topological polar surface area (TPSA) is 204 Å². The summed E-state index contributed by atoms with van der Waals surface area (Å²) in [4.78, 5) is 62.0. The number of methoxy groups -OCH3 is 1. The molecule has 1 fully saturated rings. The minimum Gasteiger partial charge on any atom is -0.494 e. The molecule has 1 aliphatic heterocycles. The lowest BCUT2D eigenvalue weighted by molar-refractivity contribution is -0.113. The van der Waals surface area contributed by atoms with Gasteiger partial charge in [-0.2, -0.15) is 19.6 Å². The van der Waals surface area contributed by atoms with Gasteiger partial charge in [0.05, 0.1) is 58.1 Å². The predicted molar refractivity (Wildman–Crippen MR) is 272 cm³/mol. The van der Waals surface area contributed by atoms with E-state index in [0.717, 1.165) is 51.1 Å². The number of aromatic nitrogens is 9. The van der Waals surface area contributed by atoms with E-state index in [1.165, 1.54) is 0 Å². The molecule has 0 bridgehead atoms. The molecule has 5 aromatic heterocycles. The van der Waals surface area contributed by atoms with Crippen molar-refractivity contribution >= 4 is 90.4 Å². The highest BCUT2D eigenvalue weighted by Crippen LogP contribution is 2.39. The Bertz CT molecular complexity index is 3210. The number of hydrogen-bond donors (Lipinski definition) is 4. The summed E-state index contributed by atoms with van der Waals surface area (Å²) in [6.45, 7) is 9.06. The largest absolute Gasteiger partial charge is 0.494 e. The molecule has 0 unspecified atom stereocenters. The molecule has 2 amide bonds. The van der Waals surface area contributed by atoms with Crippen LogP contribution in [-0.4, -0.2) is 140 Å². The maximum Gasteiger partial charge on any atom is 0.410 e. The van der Waals surface area contributed by atoms with Crippen molar-refractivity contribution in [2.75, 3.05) is 99.9 Å². The van der Waals surface area contributed by atoms with Crippen molar-refractivity contribution in [1.82, 2.24) is 53.9 Å². The summed E-state index contributed by atoms with van der Waals surface area (Å²) in [6.07, 6.45) is 4.86. The summed E-state index contributed by atoms with van der Waals surface area (Å²) in [7, 11) is 9.52. The number of H-pyrrole nitrogens is 1. The number of piperazine rings is 1. The van der Waals surface area contributed by atoms with Gasteiger partial charge in [-0.3, -0.25) is 4.79 Å². The number of anilines is 6. The van der Waals surface area contributed by atoms with Gasteiger partial charge in [-0.05, 0) is 72.8 Å². The molecule has 356 valence electrons. The first kappa shape index (κ1) is 46.3. The van der Waals surface area contributed by atoms with E-state index in [4.69, 9.17) is 29.4 Å². The third-order valence-electron chi connectivity index (χ3n) is 11.9. The molecule has 1 aliphatic rings. The van der Waals surface area contributed by atoms with Crippen LogP contribution < -0.4 is 30.5 Å². The molecule has 0 atom stereocenters. The molecular formula is C48H53BrN16O4. The first-order chi connectivity index (χ1) is 33.3. The molecule has 1 saturated heterocycles. The van der Waals surface area contributed by atoms with Crippen molar-refractivity contribution < 1.29 is 19.1 Å². The van der Waals surface area contributed by atoms with Crippen LogP contribution in [0.4, 0.5) is 39.7 Å². The van der Waals surface area contributed by atoms with Crippen LogP contribution in [0.2, 0.25) is 0 Å². The van der Waals surface area contributed by atoms with Crippen LogP contribution in [0.1, 0.15) is 11.4 Å². The number of ether oxygens (including phenoxy) is 2. The zero-order valence-electron chi connectivity index (χ0n) is 39.2. The average molecular weight is 998 g/mol. The fourth-order valence-electron chi connectivity index (χ4n) is 8.08. The Morgan fingerprint density at radius 1 is 0.957 bits per heavy atom. The normalized spacial score (nSPS) is 12.8. The van der Waals surface area contributed by atoms with Gasteiger partial charge in [-0.15, -0.1) is 0 Å². The first-order valence-corrected chi connectivity index (χ1v) is 23.1. The van der Waals surface area contributed by atoms with E-state index in [1.54, 1.807) is 35.0 Å². The molecule has 3 aromatic carbocycles. The Labute approximate surface area is 406 Å². The molecule has 0 spiro atoms. The van der Waals surface area contributed by atoms with E-state index >= 15 is 0 Å². The lowest BCUT2D eigenvalue weighted by Crippen LogP contribution is -2.49. The number of carbonyl (C=O) groups excluding carboxylic acids is 2. The molecule has 69 heavy (non-hydrogen) atoms. The molecular weight excluding hydrogens is 945 g/mol. The number of aryl methyl sites for hydroxylation is 2. The quantitative estimate of drug-likeness (QED) is 0.0733. The van der Waals surface area contributed by atoms with Crippen LogP contribution in [-0.2, 0) is 23.1 Å². The SMILES string of the molecule is C=C(COC(=O)N1CCN(c2nc(NCc3nc4ccc(C)cc4[nH]3)n3ncc(Br)c3n2)CC1)C(=O)Nc1cc(Nc2nccc(-c3cn(C)c4ccccc34)n2)c(OC)cc1N(C)CCN(C)C. The molecule has 4 N–H and O–H groups in total. The highest BCUT2D eigenvalue weighted by Gasteiger charge is 2.27. The summed E-state index contributed by atoms with van der Waals surface area (Å²) >= 11 is 3.57. The van der Waals surface area contributed by atoms with Gasteiger partial charge in [0.1, 0.15) is 18.2 Å². The van der Waals surface area contributed by atoms with Gasteiger partial charge >= 0.3 is 6.09 Å². The zero-order chi connectivity index (χ0) is 48.3. The number of nitrogens with one attached hydrogen (secondary N) is 4. The van der Waals surface area contributed by atoms with E-state index in [-0.39, 0.29) is 12.2 Å². The Kier molecular flexibility index (Phi) is 13.3. The Balaban J connectivity index is 0.845. The van der Waals surface area contributed by atoms with Gasteiger partial charge in [-0.25, -0.2) is 19.7 Å². The van der Waals surface area contributed by atoms with Crippen molar-refractivity contribution in [1.29, 1.82) is 0 Å². The predicted octanol–water partition coefficient (Wildman–Crippen LogP) is 6.84. The fourth-order valence-corrected chi connectivity index (χ4v) is 8.43. The summed E-state index contributed by atoms with van der Waals surface area (Å²) < 4.78 is 15.9. The number of carbonyl (C=O) groups is 2. The summed E-state index contributed by atoms with van der Waals surface area (Å²) in [5.41, 5.74) is 8.15. The van der Waals surface area contributed by atoms with E-state index in [0.29, 0.717) is 90.0 Å². The second-order valence-electron chi connectivity index (χ2n) is 17.1. The van der Waals surface area contributed by atoms with E-state index in [9.17, 15) is 9.59 Å². The van der Waals surface area contributed by atoms with Crippen LogP contribution in [0.25, 0.3) is 38.8 Å². The minimum absolute atomic E-state index is 0.0613. The number of likely N-dealkylation sites (N-methyl/N-ethyl adjacent to an activating group) is 2. The third-order valence-corrected chi connectivity index (χ3v) is 12.4. The number of imidazole rings is 1. The Morgan fingerprint density at radius 3 is 2.57 bits per heavy atom. The minimum atomic E-state index is -0.562. The molecule has 0 saturated carbocycles. The number of benzene rings is 3. The van der Waals surface area contributed by atoms with Crippen molar-refractivity contribution in [2.45, 2.75) is 13.5 Å². The fraction of sp³-hybridized carbons (Fsp3) is 0.292. The smallest absolute Gasteiger partial charge is 0.410 e. The van der Waals surface area contributed by atoms with Gasteiger partial charge in [-0.1, -0.05) is 30.8 Å². The summed E-state index contributed by atoms with van der Waals surface area (Å²) in [5, 5.41) is 15.2. The molecule has 9 rings (SSSR count). The van der Waals surface area contributed by atoms with Crippen molar-refractivity contribution in [3.05, 3.63) is 107 Å². The Morgan fingerprint density at radius 2 is 1.77 bits per heavy atom. The van der Waals surface area contributed by atoms with Crippen molar-refractivity contribution in [3.8, 4) is 17.0 Å². The highest BCUT2D eigenvalue weighted by atomic mass is 79.9. The van der Waals surface area contributed by atoms with Crippen LogP contribution in [0.3, 0.4) is 0 Å². The lowest BCUT2D eigenvalue weighted by Gasteiger charge is -2.34. The van der Waals surface area contributed by atoms with Crippen LogP contribution in [0, 0.1) is 6.92 Å². The van der Waals surface area contributed by atoms with E-state index < -0.39 is 12.0 Å². The van der Waals surface area contributed by atoms with Crippen molar-refractivity contribution in [2.24, 2.45) is 7.05 Å². The van der Waals surface area contributed by atoms with Crippen LogP contribution in [0.5, 0.6) is 5.75 Å². The van der Waals surface area contributed by atoms with Crippen molar-refractivity contribution in [3.63, 3.8) is 0 Å². The number of amides is 2. The number of halogens is 1. The monoisotopic (exact) mass is 996 g/mol. The number of aromatic amines is 1. The second-order valence-corrected chi connectivity index (χ2v) is 17.9. The molecule has 0 radical (unpaired) electrons. The molecule has 20 nitrogen and oxygen atoms in total. The van der Waals surface area contributed by atoms with Gasteiger partial charge in [0.2, 0.25) is 17.8 Å². The number of rotatable bonds is 16. The number of hydrogen-bond acceptors (Lipinski definition) is 15. The average Bonchev–Trinajstić information content (AvgIpc) is 4.05. The maximum absolute atomic E-state index is 13.8. The summed E-state index contributed by atoms with van der Waals surface area (Å²) in [6, 6.07) is 19.7. The molecule has 0 aliphatic carbocycles. The molecule has 6 heterocycles. The van der Waals surface area contributed by atoms with Gasteiger partial charge in [0, 0.05) is 93.9 Å². The Hall–Kier alpha value is -7.78. The van der Waals surface area contributed by atoms with Gasteiger partial charge in [0.25, 0.3) is 5.91 Å². The maximum atomic E-state index is 13.8. The standard InChI is InChI=1S/C48H53BrN16O4/c1-29-12-13-35-36(22-29)54-42(53-35)26-51-46-59-47(58-43-33(49)25-52-65(43)46)63-18-20-64(21-19-63)48(67)69-28-30(2)44(66)55-37-23-38(41(68-7)24-40(37)61(5)17-16-60(3)4)57-45-50-15-14-34(56-45)32-27-62(6)39-11-9-8-10-31(32)39/h8-15,22-25,27H,2,16-21,26,28H2,1,3-7H3,(H,53,54)(H,55,66)(H,50,56,57)(H,51,58,59). The number of para-hydroxylation sites is 1. The third kappa shape index (κ3) is 10.1. The number of fused-ring (bicyclic) bond motifs is 3. The number of nitrogens with zero attached hydrogens (tertiary/aromatic N) is 12. The molecule has 8 aromatic rings. The van der Waals surface area contributed by atoms with E-state index in [2.05, 4.69) is 81.2 Å². The molecule has 21 heteroatoms. The van der Waals surface area contributed by atoms with Gasteiger partial charge < -0.3 is 54.6 Å². The second kappa shape index (κ2) is 19.8. The van der Waals surface area contributed by atoms with E-state index in [1.807, 2.05) is 87.5 Å². The highest BCUT2D eigenvalue weighted by molar-refractivity contribution is 9.10.